The van der Waals surface area contributed by atoms with Crippen molar-refractivity contribution in [1.82, 2.24) is 15.0 Å². The first-order valence-corrected chi connectivity index (χ1v) is 6.02. The van der Waals surface area contributed by atoms with Crippen molar-refractivity contribution in [2.75, 3.05) is 0 Å². The summed E-state index contributed by atoms with van der Waals surface area (Å²) in [4.78, 5) is 0. The number of ether oxygens (including phenoxy) is 1. The molecule has 0 radical (unpaired) electrons. The van der Waals surface area contributed by atoms with Gasteiger partial charge in [0.1, 0.15) is 18.1 Å². The second-order valence-electron chi connectivity index (χ2n) is 4.26. The molecule has 0 unspecified atom stereocenters. The van der Waals surface area contributed by atoms with Crippen LogP contribution in [0.1, 0.15) is 30.6 Å². The van der Waals surface area contributed by atoms with Crippen molar-refractivity contribution in [3.63, 3.8) is 0 Å². The van der Waals surface area contributed by atoms with Crippen molar-refractivity contribution in [3.05, 3.63) is 41.7 Å². The molecule has 0 saturated heterocycles. The predicted molar refractivity (Wildman–Crippen MR) is 69.0 cm³/mol. The first kappa shape index (κ1) is 12.6. The monoisotopic (exact) mass is 246 g/mol. The van der Waals surface area contributed by atoms with Crippen LogP contribution in [0.25, 0.3) is 0 Å². The molecule has 2 aromatic rings. The Morgan fingerprint density at radius 3 is 2.61 bits per heavy atom. The van der Waals surface area contributed by atoms with Crippen molar-refractivity contribution in [1.29, 1.82) is 0 Å². The minimum Gasteiger partial charge on any atom is -0.487 e. The third-order valence-corrected chi connectivity index (χ3v) is 2.78. The van der Waals surface area contributed by atoms with Crippen molar-refractivity contribution < 1.29 is 4.74 Å². The van der Waals surface area contributed by atoms with Gasteiger partial charge in [-0.3, -0.25) is 4.68 Å². The zero-order valence-electron chi connectivity index (χ0n) is 10.7. The van der Waals surface area contributed by atoms with Gasteiger partial charge < -0.3 is 10.5 Å². The molecule has 0 aliphatic carbocycles. The first-order chi connectivity index (χ1) is 8.69. The lowest BCUT2D eigenvalue weighted by atomic mass is 10.1. The molecule has 1 aromatic carbocycles. The molecular weight excluding hydrogens is 228 g/mol. The Labute approximate surface area is 107 Å². The normalized spacial score (nSPS) is 12.4. The average molecular weight is 246 g/mol. The fourth-order valence-electron chi connectivity index (χ4n) is 1.67. The molecule has 5 nitrogen and oxygen atoms in total. The van der Waals surface area contributed by atoms with Crippen molar-refractivity contribution >= 4 is 0 Å². The van der Waals surface area contributed by atoms with Gasteiger partial charge in [-0.1, -0.05) is 24.3 Å². The Morgan fingerprint density at radius 1 is 1.33 bits per heavy atom. The molecular formula is C13H18N4O. The summed E-state index contributed by atoms with van der Waals surface area (Å²) >= 11 is 0. The Balaban J connectivity index is 1.94. The Bertz CT molecular complexity index is 492. The van der Waals surface area contributed by atoms with Crippen LogP contribution in [0.3, 0.4) is 0 Å². The summed E-state index contributed by atoms with van der Waals surface area (Å²) in [5.74, 6) is 0.813. The molecule has 1 heterocycles. The molecule has 0 aliphatic rings. The van der Waals surface area contributed by atoms with Crippen LogP contribution in [-0.4, -0.2) is 15.0 Å². The minimum absolute atomic E-state index is 0.0963. The summed E-state index contributed by atoms with van der Waals surface area (Å²) in [6, 6.07) is 7.96. The van der Waals surface area contributed by atoms with Crippen molar-refractivity contribution in [3.8, 4) is 5.75 Å². The Morgan fingerprint density at radius 2 is 2.06 bits per heavy atom. The Kier molecular flexibility index (Phi) is 3.94. The summed E-state index contributed by atoms with van der Waals surface area (Å²) in [6.45, 7) is 2.50. The maximum Gasteiger partial charge on any atom is 0.134 e. The van der Waals surface area contributed by atoms with Crippen molar-refractivity contribution in [2.24, 2.45) is 12.8 Å². The highest BCUT2D eigenvalue weighted by Crippen LogP contribution is 2.18. The van der Waals surface area contributed by atoms with Crippen molar-refractivity contribution in [2.45, 2.75) is 26.0 Å². The topological polar surface area (TPSA) is 66.0 Å². The van der Waals surface area contributed by atoms with E-state index >= 15 is 0 Å². The molecule has 18 heavy (non-hydrogen) atoms. The summed E-state index contributed by atoms with van der Waals surface area (Å²) in [6.07, 6.45) is 2.77. The van der Waals surface area contributed by atoms with E-state index in [1.54, 1.807) is 4.68 Å². The van der Waals surface area contributed by atoms with E-state index in [0.29, 0.717) is 6.61 Å². The van der Waals surface area contributed by atoms with Gasteiger partial charge in [-0.05, 0) is 24.1 Å². The maximum absolute atomic E-state index is 5.95. The van der Waals surface area contributed by atoms with Gasteiger partial charge in [0.25, 0.3) is 0 Å². The third kappa shape index (κ3) is 3.07. The molecule has 0 amide bonds. The molecule has 0 fully saturated rings. The largest absolute Gasteiger partial charge is 0.487 e. The molecule has 0 aliphatic heterocycles. The molecule has 2 rings (SSSR count). The van der Waals surface area contributed by atoms with Gasteiger partial charge >= 0.3 is 0 Å². The van der Waals surface area contributed by atoms with Crippen LogP contribution in [0.15, 0.2) is 30.5 Å². The lowest BCUT2D eigenvalue weighted by Crippen LogP contribution is -2.08. The van der Waals surface area contributed by atoms with Gasteiger partial charge in [0, 0.05) is 13.1 Å². The molecule has 2 N–H and O–H groups in total. The van der Waals surface area contributed by atoms with Gasteiger partial charge in [-0.2, -0.15) is 0 Å². The highest BCUT2D eigenvalue weighted by atomic mass is 16.5. The molecule has 0 saturated carbocycles. The minimum atomic E-state index is 0.0963. The number of nitrogens with zero attached hydrogens (tertiary/aromatic N) is 3. The van der Waals surface area contributed by atoms with Crippen LogP contribution in [0.5, 0.6) is 5.75 Å². The first-order valence-electron chi connectivity index (χ1n) is 6.02. The summed E-state index contributed by atoms with van der Waals surface area (Å²) in [5, 5.41) is 7.81. The highest BCUT2D eigenvalue weighted by Gasteiger charge is 2.04. The van der Waals surface area contributed by atoms with E-state index in [1.165, 1.54) is 0 Å². The van der Waals surface area contributed by atoms with E-state index in [9.17, 15) is 0 Å². The lowest BCUT2D eigenvalue weighted by Gasteiger charge is -2.10. The maximum atomic E-state index is 5.95. The summed E-state index contributed by atoms with van der Waals surface area (Å²) in [7, 11) is 1.83. The van der Waals surface area contributed by atoms with Crippen LogP contribution in [0.2, 0.25) is 0 Å². The zero-order chi connectivity index (χ0) is 13.0. The van der Waals surface area contributed by atoms with E-state index in [2.05, 4.69) is 17.2 Å². The number of rotatable bonds is 5. The van der Waals surface area contributed by atoms with Crippen LogP contribution in [0.4, 0.5) is 0 Å². The van der Waals surface area contributed by atoms with Crippen LogP contribution >= 0.6 is 0 Å². The Hall–Kier alpha value is -1.88. The van der Waals surface area contributed by atoms with Crippen LogP contribution < -0.4 is 10.5 Å². The van der Waals surface area contributed by atoms with E-state index in [1.807, 2.05) is 37.5 Å². The second kappa shape index (κ2) is 5.64. The number of hydrogen-bond acceptors (Lipinski definition) is 4. The van der Waals surface area contributed by atoms with E-state index in [4.69, 9.17) is 10.5 Å². The smallest absolute Gasteiger partial charge is 0.134 e. The summed E-state index contributed by atoms with van der Waals surface area (Å²) in [5.41, 5.74) is 7.89. The molecule has 0 bridgehead atoms. The number of benzene rings is 1. The molecule has 1 atom stereocenters. The standard InChI is InChI=1S/C13H18N4O/c1-3-13(14)10-4-6-12(7-5-10)18-9-11-8-17(2)16-15-11/h4-8,13H,3,9,14H2,1-2H3/t13-/m0/s1. The quantitative estimate of drug-likeness (QED) is 0.873. The van der Waals surface area contributed by atoms with Gasteiger partial charge in [0.2, 0.25) is 0 Å². The molecule has 1 aromatic heterocycles. The average Bonchev–Trinajstić information content (AvgIpc) is 2.82. The summed E-state index contributed by atoms with van der Waals surface area (Å²) < 4.78 is 7.27. The number of hydrogen-bond donors (Lipinski definition) is 1. The van der Waals surface area contributed by atoms with Gasteiger partial charge in [-0.25, -0.2) is 0 Å². The zero-order valence-corrected chi connectivity index (χ0v) is 10.7. The van der Waals surface area contributed by atoms with E-state index in [0.717, 1.165) is 23.4 Å². The van der Waals surface area contributed by atoms with Gasteiger partial charge in [0.15, 0.2) is 0 Å². The number of aromatic nitrogens is 3. The molecule has 5 heteroatoms. The van der Waals surface area contributed by atoms with Crippen LogP contribution in [-0.2, 0) is 13.7 Å². The molecule has 96 valence electrons. The fourth-order valence-corrected chi connectivity index (χ4v) is 1.67. The van der Waals surface area contributed by atoms with Crippen LogP contribution in [0, 0.1) is 0 Å². The molecule has 0 spiro atoms. The number of aryl methyl sites for hydroxylation is 1. The fraction of sp³-hybridized carbons (Fsp3) is 0.385. The second-order valence-corrected chi connectivity index (χ2v) is 4.26. The van der Waals surface area contributed by atoms with Gasteiger partial charge in [-0.15, -0.1) is 5.10 Å². The van der Waals surface area contributed by atoms with E-state index in [-0.39, 0.29) is 6.04 Å². The lowest BCUT2D eigenvalue weighted by molar-refractivity contribution is 0.301. The van der Waals surface area contributed by atoms with Gasteiger partial charge in [0.05, 0.1) is 6.20 Å². The number of nitrogens with two attached hydrogens (primary N) is 1. The SMILES string of the molecule is CC[C@H](N)c1ccc(OCc2cn(C)nn2)cc1. The van der Waals surface area contributed by atoms with E-state index < -0.39 is 0 Å². The third-order valence-electron chi connectivity index (χ3n) is 2.78. The predicted octanol–water partition coefficient (Wildman–Crippen LogP) is 1.80. The highest BCUT2D eigenvalue weighted by molar-refractivity contribution is 5.29.